The maximum absolute atomic E-state index is 12.3. The molecule has 0 atom stereocenters. The first kappa shape index (κ1) is 20.1. The number of halogens is 1. The molecule has 140 valence electrons. The summed E-state index contributed by atoms with van der Waals surface area (Å²) in [5, 5.41) is 12.0. The van der Waals surface area contributed by atoms with Gasteiger partial charge in [0.25, 0.3) is 0 Å². The van der Waals surface area contributed by atoms with E-state index in [1.807, 2.05) is 31.1 Å². The van der Waals surface area contributed by atoms with E-state index >= 15 is 0 Å². The molecule has 6 nitrogen and oxygen atoms in total. The monoisotopic (exact) mass is 385 g/mol. The van der Waals surface area contributed by atoms with Gasteiger partial charge in [0.2, 0.25) is 5.91 Å². The molecule has 0 aliphatic heterocycles. The lowest BCUT2D eigenvalue weighted by atomic mass is 10.2. The van der Waals surface area contributed by atoms with E-state index in [-0.39, 0.29) is 12.5 Å². The van der Waals surface area contributed by atoms with Crippen LogP contribution in [0.4, 0.5) is 11.4 Å². The van der Waals surface area contributed by atoms with Gasteiger partial charge in [-0.2, -0.15) is 5.26 Å². The van der Waals surface area contributed by atoms with Crippen LogP contribution in [0.3, 0.4) is 0 Å². The Morgan fingerprint density at radius 1 is 1.26 bits per heavy atom. The van der Waals surface area contributed by atoms with E-state index in [4.69, 9.17) is 26.3 Å². The summed E-state index contributed by atoms with van der Waals surface area (Å²) in [6.45, 7) is -0.0677. The summed E-state index contributed by atoms with van der Waals surface area (Å²) in [5.41, 5.74) is 2.23. The highest BCUT2D eigenvalue weighted by Crippen LogP contribution is 2.29. The molecule has 0 bridgehead atoms. The van der Waals surface area contributed by atoms with Crippen molar-refractivity contribution in [3.8, 4) is 17.6 Å². The molecule has 0 fully saturated rings. The van der Waals surface area contributed by atoms with Gasteiger partial charge in [0.05, 0.1) is 18.5 Å². The van der Waals surface area contributed by atoms with Gasteiger partial charge in [0.1, 0.15) is 6.07 Å². The lowest BCUT2D eigenvalue weighted by Crippen LogP contribution is -2.15. The van der Waals surface area contributed by atoms with E-state index in [0.717, 1.165) is 11.3 Å². The minimum absolute atomic E-state index is 0.0677. The zero-order valence-electron chi connectivity index (χ0n) is 15.3. The normalized spacial score (nSPS) is 10.3. The van der Waals surface area contributed by atoms with E-state index in [1.54, 1.807) is 36.4 Å². The number of anilines is 2. The number of nitrogens with zero attached hydrogens (tertiary/aromatic N) is 2. The summed E-state index contributed by atoms with van der Waals surface area (Å²) in [6.07, 6.45) is 3.08. The molecule has 0 spiro atoms. The lowest BCUT2D eigenvalue weighted by molar-refractivity contribution is -0.111. The van der Waals surface area contributed by atoms with E-state index in [9.17, 15) is 4.79 Å². The SMILES string of the molecule is COc1cc(/C=C/C(=O)Nc2cc(Cl)ccc2N(C)C)ccc1OCC#N. The fourth-order valence-corrected chi connectivity index (χ4v) is 2.53. The molecule has 7 heteroatoms. The number of hydrogen-bond donors (Lipinski definition) is 1. The molecule has 0 unspecified atom stereocenters. The fourth-order valence-electron chi connectivity index (χ4n) is 2.36. The van der Waals surface area contributed by atoms with Crippen molar-refractivity contribution in [2.45, 2.75) is 0 Å². The van der Waals surface area contributed by atoms with Crippen LogP contribution in [0.1, 0.15) is 5.56 Å². The highest BCUT2D eigenvalue weighted by atomic mass is 35.5. The summed E-state index contributed by atoms with van der Waals surface area (Å²) in [4.78, 5) is 14.2. The first-order chi connectivity index (χ1) is 12.9. The van der Waals surface area contributed by atoms with E-state index in [0.29, 0.717) is 22.2 Å². The number of carbonyl (C=O) groups excluding carboxylic acids is 1. The first-order valence-corrected chi connectivity index (χ1v) is 8.46. The van der Waals surface area contributed by atoms with Gasteiger partial charge in [0, 0.05) is 25.2 Å². The van der Waals surface area contributed by atoms with Crippen LogP contribution >= 0.6 is 11.6 Å². The summed E-state index contributed by atoms with van der Waals surface area (Å²) >= 11 is 6.03. The number of benzene rings is 2. The molecule has 0 aromatic heterocycles. The Bertz CT molecular complexity index is 889. The first-order valence-electron chi connectivity index (χ1n) is 8.08. The third-order valence-electron chi connectivity index (χ3n) is 3.61. The topological polar surface area (TPSA) is 74.6 Å². The second kappa shape index (κ2) is 9.51. The van der Waals surface area contributed by atoms with Gasteiger partial charge < -0.3 is 19.7 Å². The van der Waals surface area contributed by atoms with Gasteiger partial charge in [-0.3, -0.25) is 4.79 Å². The second-order valence-electron chi connectivity index (χ2n) is 5.74. The molecule has 0 saturated carbocycles. The lowest BCUT2D eigenvalue weighted by Gasteiger charge is -2.17. The van der Waals surface area contributed by atoms with Crippen molar-refractivity contribution >= 4 is 35.0 Å². The second-order valence-corrected chi connectivity index (χ2v) is 6.17. The van der Waals surface area contributed by atoms with E-state index < -0.39 is 0 Å². The van der Waals surface area contributed by atoms with Gasteiger partial charge in [-0.15, -0.1) is 0 Å². The summed E-state index contributed by atoms with van der Waals surface area (Å²) in [6, 6.07) is 12.4. The van der Waals surface area contributed by atoms with Crippen molar-refractivity contribution in [2.24, 2.45) is 0 Å². The van der Waals surface area contributed by atoms with Crippen molar-refractivity contribution in [3.63, 3.8) is 0 Å². The Morgan fingerprint density at radius 3 is 2.70 bits per heavy atom. The van der Waals surface area contributed by atoms with E-state index in [1.165, 1.54) is 13.2 Å². The molecule has 2 aromatic carbocycles. The van der Waals surface area contributed by atoms with Crippen LogP contribution in [0.15, 0.2) is 42.5 Å². The Labute approximate surface area is 163 Å². The number of amides is 1. The van der Waals surface area contributed by atoms with Gasteiger partial charge in [-0.05, 0) is 42.0 Å². The molecule has 0 heterocycles. The Morgan fingerprint density at radius 2 is 2.04 bits per heavy atom. The van der Waals surface area contributed by atoms with Crippen molar-refractivity contribution in [3.05, 3.63) is 53.1 Å². The van der Waals surface area contributed by atoms with Gasteiger partial charge in [-0.25, -0.2) is 0 Å². The minimum atomic E-state index is -0.288. The molecular weight excluding hydrogens is 366 g/mol. The molecule has 0 aliphatic rings. The smallest absolute Gasteiger partial charge is 0.248 e. The van der Waals surface area contributed by atoms with Crippen LogP contribution in [0, 0.1) is 11.3 Å². The van der Waals surface area contributed by atoms with Crippen LogP contribution in [-0.2, 0) is 4.79 Å². The molecule has 0 radical (unpaired) electrons. The maximum Gasteiger partial charge on any atom is 0.248 e. The van der Waals surface area contributed by atoms with Crippen LogP contribution in [0.5, 0.6) is 11.5 Å². The summed E-state index contributed by atoms with van der Waals surface area (Å²) in [5.74, 6) is 0.664. The number of carbonyl (C=O) groups is 1. The van der Waals surface area contributed by atoms with Gasteiger partial charge >= 0.3 is 0 Å². The number of nitrogens with one attached hydrogen (secondary N) is 1. The number of methoxy groups -OCH3 is 1. The van der Waals surface area contributed by atoms with Crippen molar-refractivity contribution in [2.75, 3.05) is 38.0 Å². The summed E-state index contributed by atoms with van der Waals surface area (Å²) in [7, 11) is 5.28. The number of nitriles is 1. The molecule has 1 amide bonds. The van der Waals surface area contributed by atoms with Crippen LogP contribution in [0.25, 0.3) is 6.08 Å². The average molecular weight is 386 g/mol. The Kier molecular flexibility index (Phi) is 7.09. The zero-order chi connectivity index (χ0) is 19.8. The molecule has 2 aromatic rings. The Balaban J connectivity index is 2.13. The third-order valence-corrected chi connectivity index (χ3v) is 3.84. The number of hydrogen-bond acceptors (Lipinski definition) is 5. The fraction of sp³-hybridized carbons (Fsp3) is 0.200. The van der Waals surface area contributed by atoms with Crippen LogP contribution < -0.4 is 19.7 Å². The van der Waals surface area contributed by atoms with Gasteiger partial charge in [0.15, 0.2) is 18.1 Å². The summed E-state index contributed by atoms with van der Waals surface area (Å²) < 4.78 is 10.5. The molecular formula is C20H20ClN3O3. The third kappa shape index (κ3) is 5.66. The Hall–Kier alpha value is -3.17. The molecule has 27 heavy (non-hydrogen) atoms. The molecule has 0 aliphatic carbocycles. The number of rotatable bonds is 7. The van der Waals surface area contributed by atoms with Crippen molar-refractivity contribution in [1.29, 1.82) is 5.26 Å². The maximum atomic E-state index is 12.3. The largest absolute Gasteiger partial charge is 0.493 e. The minimum Gasteiger partial charge on any atom is -0.493 e. The average Bonchev–Trinajstić information content (AvgIpc) is 2.64. The van der Waals surface area contributed by atoms with E-state index in [2.05, 4.69) is 5.32 Å². The molecule has 1 N–H and O–H groups in total. The predicted octanol–water partition coefficient (Wildman–Crippen LogP) is 3.97. The highest BCUT2D eigenvalue weighted by molar-refractivity contribution is 6.31. The number of ether oxygens (including phenoxy) is 2. The van der Waals surface area contributed by atoms with Crippen LogP contribution in [0.2, 0.25) is 5.02 Å². The quantitative estimate of drug-likeness (QED) is 0.730. The van der Waals surface area contributed by atoms with Crippen molar-refractivity contribution < 1.29 is 14.3 Å². The van der Waals surface area contributed by atoms with Crippen LogP contribution in [-0.4, -0.2) is 33.7 Å². The molecule has 0 saturated heterocycles. The highest BCUT2D eigenvalue weighted by Gasteiger charge is 2.08. The molecule has 2 rings (SSSR count). The predicted molar refractivity (Wildman–Crippen MR) is 108 cm³/mol. The van der Waals surface area contributed by atoms with Gasteiger partial charge in [-0.1, -0.05) is 17.7 Å². The standard InChI is InChI=1S/C20H20ClN3O3/c1-24(2)17-7-6-15(21)13-16(17)23-20(25)9-5-14-4-8-18(27-11-10-22)19(12-14)26-3/h4-9,12-13H,11H2,1-3H3,(H,23,25)/b9-5+. The van der Waals surface area contributed by atoms with Crippen molar-refractivity contribution in [1.82, 2.24) is 0 Å². The zero-order valence-corrected chi connectivity index (χ0v) is 16.1.